The van der Waals surface area contributed by atoms with Gasteiger partial charge < -0.3 is 4.84 Å². The quantitative estimate of drug-likeness (QED) is 0.866. The Morgan fingerprint density at radius 3 is 2.90 bits per heavy atom. The molecule has 0 aliphatic heterocycles. The molecule has 1 aromatic heterocycles. The van der Waals surface area contributed by atoms with Crippen molar-refractivity contribution in [2.75, 3.05) is 6.54 Å². The van der Waals surface area contributed by atoms with Crippen LogP contribution in [0, 0.1) is 13.0 Å². The van der Waals surface area contributed by atoms with Gasteiger partial charge in [0.05, 0.1) is 0 Å². The molecule has 0 saturated heterocycles. The number of hydroxylamine groups is 1. The summed E-state index contributed by atoms with van der Waals surface area (Å²) in [5.41, 5.74) is 5.75. The summed E-state index contributed by atoms with van der Waals surface area (Å²) in [6.45, 7) is 5.26. The van der Waals surface area contributed by atoms with Crippen molar-refractivity contribution in [1.29, 1.82) is 0 Å². The lowest BCUT2D eigenvalue weighted by atomic mass is 10.2. The van der Waals surface area contributed by atoms with E-state index in [2.05, 4.69) is 21.4 Å². The molecule has 102 valence electrons. The summed E-state index contributed by atoms with van der Waals surface area (Å²) in [5.74, 6) is 0.718. The van der Waals surface area contributed by atoms with Gasteiger partial charge in [0.25, 0.3) is 0 Å². The van der Waals surface area contributed by atoms with E-state index in [0.29, 0.717) is 6.54 Å². The molecular formula is C16H18N3O+. The van der Waals surface area contributed by atoms with Gasteiger partial charge in [0.1, 0.15) is 11.3 Å². The van der Waals surface area contributed by atoms with Gasteiger partial charge in [-0.15, -0.1) is 0 Å². The number of rotatable bonds is 4. The molecule has 0 aliphatic carbocycles. The van der Waals surface area contributed by atoms with Crippen LogP contribution in [0.2, 0.25) is 0 Å². The Bertz CT molecular complexity index is 629. The van der Waals surface area contributed by atoms with Gasteiger partial charge in [0, 0.05) is 12.7 Å². The molecule has 0 aliphatic rings. The summed E-state index contributed by atoms with van der Waals surface area (Å²) in [6, 6.07) is 14.6. The molecule has 0 saturated carbocycles. The average Bonchev–Trinajstić information content (AvgIpc) is 2.48. The number of benzene rings is 1. The molecule has 0 spiro atoms. The maximum atomic E-state index is 5.42. The van der Waals surface area contributed by atoms with Crippen LogP contribution in [0.1, 0.15) is 23.7 Å². The highest BCUT2D eigenvalue weighted by Gasteiger charge is 2.07. The van der Waals surface area contributed by atoms with E-state index in [1.807, 2.05) is 50.2 Å². The van der Waals surface area contributed by atoms with E-state index < -0.39 is 0 Å². The van der Waals surface area contributed by atoms with Crippen molar-refractivity contribution >= 4 is 0 Å². The average molecular weight is 268 g/mol. The van der Waals surface area contributed by atoms with Gasteiger partial charge in [-0.2, -0.15) is 5.48 Å². The standard InChI is InChI=1S/C16H18N3O/c1-3-19-20-16-9-5-4-8-14(16)11-17-12-15-13(2)7-6-10-18-15/h4-10,19H,3,12H2,1-2H3/q+1. The first kappa shape index (κ1) is 14.0. The fourth-order valence-corrected chi connectivity index (χ4v) is 1.68. The molecule has 4 nitrogen and oxygen atoms in total. The predicted octanol–water partition coefficient (Wildman–Crippen LogP) is 3.17. The van der Waals surface area contributed by atoms with Gasteiger partial charge in [-0.25, -0.2) is 0 Å². The fourth-order valence-electron chi connectivity index (χ4n) is 1.68. The largest absolute Gasteiger partial charge is 0.407 e. The first-order valence-electron chi connectivity index (χ1n) is 6.63. The maximum Gasteiger partial charge on any atom is 0.315 e. The van der Waals surface area contributed by atoms with Crippen LogP contribution in [0.4, 0.5) is 0 Å². The Balaban J connectivity index is 2.11. The summed E-state index contributed by atoms with van der Waals surface area (Å²) in [7, 11) is 0. The highest BCUT2D eigenvalue weighted by Crippen LogP contribution is 2.16. The topological polar surface area (TPSA) is 38.5 Å². The Morgan fingerprint density at radius 2 is 2.10 bits per heavy atom. The zero-order valence-electron chi connectivity index (χ0n) is 11.8. The number of aromatic nitrogens is 1. The molecule has 0 unspecified atom stereocenters. The molecule has 20 heavy (non-hydrogen) atoms. The van der Waals surface area contributed by atoms with Crippen molar-refractivity contribution in [1.82, 2.24) is 10.5 Å². The van der Waals surface area contributed by atoms with E-state index in [9.17, 15) is 0 Å². The minimum absolute atomic E-state index is 0.516. The van der Waals surface area contributed by atoms with E-state index in [-0.39, 0.29) is 0 Å². The summed E-state index contributed by atoms with van der Waals surface area (Å²) in [6.07, 6.45) is 1.78. The maximum absolute atomic E-state index is 5.42. The first-order chi connectivity index (χ1) is 9.81. The van der Waals surface area contributed by atoms with Crippen molar-refractivity contribution in [3.8, 4) is 11.8 Å². The number of nitrogens with one attached hydrogen (secondary N) is 1. The fraction of sp³-hybridized carbons (Fsp3) is 0.250. The lowest BCUT2D eigenvalue weighted by Gasteiger charge is -2.04. The van der Waals surface area contributed by atoms with E-state index in [4.69, 9.17) is 4.84 Å². The van der Waals surface area contributed by atoms with Crippen LogP contribution < -0.4 is 10.3 Å². The first-order valence-corrected chi connectivity index (χ1v) is 6.63. The van der Waals surface area contributed by atoms with Gasteiger partial charge in [-0.05, 0) is 37.6 Å². The van der Waals surface area contributed by atoms with Crippen LogP contribution in [0.15, 0.2) is 42.6 Å². The third-order valence-electron chi connectivity index (χ3n) is 2.76. The smallest absolute Gasteiger partial charge is 0.315 e. The second-order valence-corrected chi connectivity index (χ2v) is 4.29. The highest BCUT2D eigenvalue weighted by molar-refractivity contribution is 5.44. The molecule has 1 heterocycles. The number of nitrogens with zero attached hydrogens (tertiary/aromatic N) is 2. The number of aryl methyl sites for hydroxylation is 1. The lowest BCUT2D eigenvalue weighted by Crippen LogP contribution is -2.17. The van der Waals surface area contributed by atoms with Gasteiger partial charge in [0.15, 0.2) is 5.75 Å². The summed E-state index contributed by atoms with van der Waals surface area (Å²) in [5, 5.41) is 0. The van der Waals surface area contributed by atoms with E-state index in [1.165, 1.54) is 0 Å². The van der Waals surface area contributed by atoms with Crippen molar-refractivity contribution in [2.24, 2.45) is 0 Å². The molecule has 4 heteroatoms. The summed E-state index contributed by atoms with van der Waals surface area (Å²) >= 11 is 0. The van der Waals surface area contributed by atoms with Gasteiger partial charge in [-0.3, -0.25) is 4.98 Å². The summed E-state index contributed by atoms with van der Waals surface area (Å²) < 4.78 is 0. The van der Waals surface area contributed by atoms with Crippen molar-refractivity contribution in [3.63, 3.8) is 0 Å². The number of para-hydroxylation sites is 1. The molecular weight excluding hydrogens is 250 g/mol. The monoisotopic (exact) mass is 268 g/mol. The summed E-state index contributed by atoms with van der Waals surface area (Å²) in [4.78, 5) is 14.0. The van der Waals surface area contributed by atoms with Gasteiger partial charge in [-0.1, -0.05) is 23.0 Å². The van der Waals surface area contributed by atoms with E-state index >= 15 is 0 Å². The van der Waals surface area contributed by atoms with Crippen molar-refractivity contribution in [2.45, 2.75) is 20.4 Å². The van der Waals surface area contributed by atoms with Crippen molar-refractivity contribution < 1.29 is 4.84 Å². The minimum atomic E-state index is 0.516. The van der Waals surface area contributed by atoms with Gasteiger partial charge in [0.2, 0.25) is 0 Å². The Labute approximate surface area is 119 Å². The molecule has 0 fully saturated rings. The second kappa shape index (κ2) is 7.27. The minimum Gasteiger partial charge on any atom is -0.407 e. The molecule has 0 radical (unpaired) electrons. The SMILES string of the molecule is CCNOc1ccccc1C#[N+]Cc1ncccc1C. The molecule has 0 atom stereocenters. The van der Waals surface area contributed by atoms with Crippen LogP contribution in [0.5, 0.6) is 5.75 Å². The molecule has 1 aromatic carbocycles. The third kappa shape index (κ3) is 3.81. The van der Waals surface area contributed by atoms with Crippen LogP contribution in [0.3, 0.4) is 0 Å². The Morgan fingerprint density at radius 1 is 1.25 bits per heavy atom. The van der Waals surface area contributed by atoms with Crippen molar-refractivity contribution in [3.05, 3.63) is 64.3 Å². The normalized spacial score (nSPS) is 9.70. The predicted molar refractivity (Wildman–Crippen MR) is 79.8 cm³/mol. The second-order valence-electron chi connectivity index (χ2n) is 4.29. The Hall–Kier alpha value is -2.38. The lowest BCUT2D eigenvalue weighted by molar-refractivity contribution is 0.202. The molecule has 0 bridgehead atoms. The highest BCUT2D eigenvalue weighted by atomic mass is 16.6. The molecule has 1 N–H and O–H groups in total. The zero-order chi connectivity index (χ0) is 14.2. The van der Waals surface area contributed by atoms with Gasteiger partial charge >= 0.3 is 12.6 Å². The number of hydrogen-bond acceptors (Lipinski definition) is 3. The third-order valence-corrected chi connectivity index (χ3v) is 2.76. The number of hydrogen-bond donors (Lipinski definition) is 1. The number of pyridine rings is 1. The van der Waals surface area contributed by atoms with Crippen LogP contribution in [-0.4, -0.2) is 11.5 Å². The van der Waals surface area contributed by atoms with Crippen LogP contribution in [-0.2, 0) is 6.54 Å². The van der Waals surface area contributed by atoms with E-state index in [1.54, 1.807) is 6.20 Å². The molecule has 2 rings (SSSR count). The zero-order valence-corrected chi connectivity index (χ0v) is 11.8. The molecule has 2 aromatic rings. The molecule has 0 amide bonds. The Kier molecular flexibility index (Phi) is 5.10. The van der Waals surface area contributed by atoms with Crippen LogP contribution >= 0.6 is 0 Å². The van der Waals surface area contributed by atoms with E-state index in [0.717, 1.165) is 29.1 Å². The van der Waals surface area contributed by atoms with Crippen LogP contribution in [0.25, 0.3) is 4.85 Å².